The molecule has 2 heterocycles. The van der Waals surface area contributed by atoms with Gasteiger partial charge in [-0.25, -0.2) is 4.68 Å². The lowest BCUT2D eigenvalue weighted by atomic mass is 10.1. The van der Waals surface area contributed by atoms with Crippen LogP contribution in [0.4, 0.5) is 5.69 Å². The zero-order valence-corrected chi connectivity index (χ0v) is 15.0. The molecule has 4 rings (SSSR count). The van der Waals surface area contributed by atoms with E-state index < -0.39 is 0 Å². The number of hydrogen-bond acceptors (Lipinski definition) is 4. The largest absolute Gasteiger partial charge is 0.858 e. The molecule has 0 aliphatic carbocycles. The summed E-state index contributed by atoms with van der Waals surface area (Å²) in [5, 5.41) is 22.9. The number of carbonyl (C=O) groups excluding carboxylic acids is 1. The number of nitrogens with zero attached hydrogens (tertiary/aromatic N) is 4. The van der Waals surface area contributed by atoms with Gasteiger partial charge in [0.15, 0.2) is 0 Å². The molecule has 6 heteroatoms. The summed E-state index contributed by atoms with van der Waals surface area (Å²) >= 11 is 0. The minimum Gasteiger partial charge on any atom is -0.858 e. The van der Waals surface area contributed by atoms with Crippen molar-refractivity contribution in [2.75, 3.05) is 5.01 Å². The molecule has 0 N–H and O–H groups in total. The second-order valence-electron chi connectivity index (χ2n) is 6.25. The summed E-state index contributed by atoms with van der Waals surface area (Å²) < 4.78 is 1.35. The molecule has 2 aromatic carbocycles. The maximum atomic E-state index is 12.8. The normalized spacial score (nSPS) is 15.5. The van der Waals surface area contributed by atoms with Crippen molar-refractivity contribution in [3.8, 4) is 11.6 Å². The van der Waals surface area contributed by atoms with Gasteiger partial charge in [-0.2, -0.15) is 15.2 Å². The number of carbonyl (C=O) groups is 1. The zero-order valence-electron chi connectivity index (χ0n) is 15.0. The summed E-state index contributed by atoms with van der Waals surface area (Å²) in [4.78, 5) is 12.8. The first-order chi connectivity index (χ1) is 13.1. The van der Waals surface area contributed by atoms with Gasteiger partial charge in [0.2, 0.25) is 0 Å². The van der Waals surface area contributed by atoms with Crippen LogP contribution in [0.3, 0.4) is 0 Å². The van der Waals surface area contributed by atoms with Gasteiger partial charge in [0, 0.05) is 5.56 Å². The lowest BCUT2D eigenvalue weighted by molar-refractivity contribution is -0.278. The number of benzene rings is 2. The lowest BCUT2D eigenvalue weighted by Crippen LogP contribution is -2.21. The third-order valence-corrected chi connectivity index (χ3v) is 4.42. The Labute approximate surface area is 156 Å². The highest BCUT2D eigenvalue weighted by Gasteiger charge is 2.29. The maximum absolute atomic E-state index is 12.8. The maximum Gasteiger partial charge on any atom is 0.280 e. The molecule has 134 valence electrons. The van der Waals surface area contributed by atoms with E-state index in [0.29, 0.717) is 33.9 Å². The van der Waals surface area contributed by atoms with Crippen LogP contribution in [0.5, 0.6) is 5.88 Å². The molecule has 27 heavy (non-hydrogen) atoms. The van der Waals surface area contributed by atoms with Crippen LogP contribution < -0.4 is 10.1 Å². The van der Waals surface area contributed by atoms with Crippen LogP contribution in [0.2, 0.25) is 0 Å². The van der Waals surface area contributed by atoms with Crippen LogP contribution in [-0.4, -0.2) is 21.4 Å². The van der Waals surface area contributed by atoms with Crippen molar-refractivity contribution in [3.05, 3.63) is 77.5 Å². The van der Waals surface area contributed by atoms with E-state index >= 15 is 0 Å². The van der Waals surface area contributed by atoms with Crippen LogP contribution in [0.15, 0.2) is 71.3 Å². The Kier molecular flexibility index (Phi) is 4.08. The Morgan fingerprint density at radius 1 is 0.926 bits per heavy atom. The third kappa shape index (κ3) is 2.91. The molecule has 0 fully saturated rings. The fraction of sp³-hybridized carbons (Fsp3) is 0.0952. The predicted molar refractivity (Wildman–Crippen MR) is 103 cm³/mol. The van der Waals surface area contributed by atoms with E-state index in [1.165, 1.54) is 9.69 Å². The van der Waals surface area contributed by atoms with Crippen molar-refractivity contribution < 1.29 is 9.90 Å². The van der Waals surface area contributed by atoms with Gasteiger partial charge in [0.05, 0.1) is 28.4 Å². The molecule has 0 spiro atoms. The Hall–Kier alpha value is -3.67. The summed E-state index contributed by atoms with van der Waals surface area (Å²) in [6, 6.07) is 18.4. The molecular weight excluding hydrogens is 340 g/mol. The van der Waals surface area contributed by atoms with Crippen LogP contribution >= 0.6 is 0 Å². The molecular formula is C21H17N4O2-. The second-order valence-corrected chi connectivity index (χ2v) is 6.25. The minimum absolute atomic E-state index is 0.259. The van der Waals surface area contributed by atoms with E-state index in [1.807, 2.05) is 60.7 Å². The van der Waals surface area contributed by atoms with Gasteiger partial charge >= 0.3 is 0 Å². The van der Waals surface area contributed by atoms with Crippen molar-refractivity contribution in [2.45, 2.75) is 13.8 Å². The van der Waals surface area contributed by atoms with Crippen molar-refractivity contribution in [1.29, 1.82) is 0 Å². The SMILES string of the molecule is CC1=NN(c2ccccc2)C(=O)/C1=C\c1c(C)nn(-c2ccccc2)c1[O-]. The van der Waals surface area contributed by atoms with E-state index in [0.717, 1.165) is 0 Å². The van der Waals surface area contributed by atoms with E-state index in [2.05, 4.69) is 10.2 Å². The first kappa shape index (κ1) is 16.8. The van der Waals surface area contributed by atoms with Crippen LogP contribution in [-0.2, 0) is 4.79 Å². The Morgan fingerprint density at radius 3 is 2.15 bits per heavy atom. The molecule has 0 saturated carbocycles. The highest BCUT2D eigenvalue weighted by Crippen LogP contribution is 2.29. The van der Waals surface area contributed by atoms with E-state index in [9.17, 15) is 9.90 Å². The van der Waals surface area contributed by atoms with Crippen molar-refractivity contribution >= 4 is 23.4 Å². The van der Waals surface area contributed by atoms with Crippen molar-refractivity contribution in [3.63, 3.8) is 0 Å². The van der Waals surface area contributed by atoms with Gasteiger partial charge in [-0.05, 0) is 50.1 Å². The summed E-state index contributed by atoms with van der Waals surface area (Å²) in [5.41, 5.74) is 3.29. The van der Waals surface area contributed by atoms with Crippen LogP contribution in [0.1, 0.15) is 18.2 Å². The number of rotatable bonds is 3. The van der Waals surface area contributed by atoms with Crippen LogP contribution in [0.25, 0.3) is 11.8 Å². The number of anilines is 1. The molecule has 0 saturated heterocycles. The number of amides is 1. The summed E-state index contributed by atoms with van der Waals surface area (Å²) in [6.45, 7) is 3.52. The Balaban J connectivity index is 1.74. The first-order valence-corrected chi connectivity index (χ1v) is 8.55. The number of aromatic nitrogens is 2. The number of hydrogen-bond donors (Lipinski definition) is 0. The van der Waals surface area contributed by atoms with Gasteiger partial charge in [0.25, 0.3) is 5.91 Å². The van der Waals surface area contributed by atoms with E-state index in [1.54, 1.807) is 19.9 Å². The molecule has 0 bridgehead atoms. The average molecular weight is 357 g/mol. The van der Waals surface area contributed by atoms with Crippen LogP contribution in [0, 0.1) is 6.92 Å². The monoisotopic (exact) mass is 357 g/mol. The zero-order chi connectivity index (χ0) is 19.0. The molecule has 0 atom stereocenters. The van der Waals surface area contributed by atoms with E-state index in [-0.39, 0.29) is 11.8 Å². The van der Waals surface area contributed by atoms with E-state index in [4.69, 9.17) is 0 Å². The quantitative estimate of drug-likeness (QED) is 0.676. The van der Waals surface area contributed by atoms with Crippen molar-refractivity contribution in [2.24, 2.45) is 5.10 Å². The van der Waals surface area contributed by atoms with Gasteiger partial charge in [-0.1, -0.05) is 36.4 Å². The standard InChI is InChI=1S/C21H18N4O2/c1-14-18(20(26)24(22-14)16-9-5-3-6-10-16)13-19-15(2)23-25(21(19)27)17-11-7-4-8-12-17/h3-13,26H,1-2H3/p-1/b19-13-. The molecule has 1 amide bonds. The number of para-hydroxylation sites is 2. The minimum atomic E-state index is -0.259. The highest BCUT2D eigenvalue weighted by molar-refractivity contribution is 6.32. The average Bonchev–Trinajstić information content (AvgIpc) is 3.14. The van der Waals surface area contributed by atoms with Gasteiger partial charge in [-0.15, -0.1) is 0 Å². The summed E-state index contributed by atoms with van der Waals surface area (Å²) in [6.07, 6.45) is 1.59. The number of aryl methyl sites for hydroxylation is 1. The van der Waals surface area contributed by atoms with Crippen molar-refractivity contribution in [1.82, 2.24) is 9.78 Å². The fourth-order valence-electron chi connectivity index (χ4n) is 3.00. The molecule has 6 nitrogen and oxygen atoms in total. The molecule has 0 radical (unpaired) electrons. The molecule has 3 aromatic rings. The highest BCUT2D eigenvalue weighted by atomic mass is 16.3. The Morgan fingerprint density at radius 2 is 1.52 bits per heavy atom. The predicted octanol–water partition coefficient (Wildman–Crippen LogP) is 3.06. The number of hydrazone groups is 1. The summed E-state index contributed by atoms with van der Waals surface area (Å²) in [7, 11) is 0. The van der Waals surface area contributed by atoms with Gasteiger partial charge in [-0.3, -0.25) is 4.79 Å². The van der Waals surface area contributed by atoms with Gasteiger partial charge in [0.1, 0.15) is 0 Å². The smallest absolute Gasteiger partial charge is 0.280 e. The Bertz CT molecular complexity index is 1070. The first-order valence-electron chi connectivity index (χ1n) is 8.55. The summed E-state index contributed by atoms with van der Waals surface area (Å²) in [5.74, 6) is -0.519. The molecule has 1 aliphatic rings. The lowest BCUT2D eigenvalue weighted by Gasteiger charge is -2.12. The van der Waals surface area contributed by atoms with Gasteiger partial charge < -0.3 is 5.11 Å². The topological polar surface area (TPSA) is 73.5 Å². The molecule has 0 unspecified atom stereocenters. The third-order valence-electron chi connectivity index (χ3n) is 4.42. The second kappa shape index (κ2) is 6.57. The molecule has 1 aliphatic heterocycles. The fourth-order valence-corrected chi connectivity index (χ4v) is 3.00. The molecule has 1 aromatic heterocycles.